The van der Waals surface area contributed by atoms with Gasteiger partial charge in [-0.25, -0.2) is 0 Å². The van der Waals surface area contributed by atoms with Crippen LogP contribution in [0.2, 0.25) is 0 Å². The summed E-state index contributed by atoms with van der Waals surface area (Å²) in [7, 11) is 0. The molecule has 0 bridgehead atoms. The highest BCUT2D eigenvalue weighted by molar-refractivity contribution is 5.87. The number of hydrogen-bond acceptors (Lipinski definition) is 6. The maximum absolute atomic E-state index is 12.5. The number of allylic oxidation sites excluding steroid dienone is 1. The topological polar surface area (TPSA) is 95.7 Å². The summed E-state index contributed by atoms with van der Waals surface area (Å²) in [6, 6.07) is 0. The lowest BCUT2D eigenvalue weighted by molar-refractivity contribution is -0.757. The summed E-state index contributed by atoms with van der Waals surface area (Å²) in [5, 5.41) is 9.32. The van der Waals surface area contributed by atoms with Gasteiger partial charge in [0.1, 0.15) is 11.9 Å². The number of nitrogens with zero attached hydrogens (tertiary/aromatic N) is 1. The number of hydrogen-bond donors (Lipinski definition) is 0. The largest absolute Gasteiger partial charge is 0.462 e. The smallest absolute Gasteiger partial charge is 0.306 e. The third-order valence-electron chi connectivity index (χ3n) is 8.79. The number of carbonyl (C=O) groups is 2. The molecule has 3 fully saturated rings. The van der Waals surface area contributed by atoms with Crippen molar-refractivity contribution in [2.75, 3.05) is 6.61 Å². The van der Waals surface area contributed by atoms with Gasteiger partial charge in [0.05, 0.1) is 6.61 Å². The molecule has 4 aliphatic carbocycles. The van der Waals surface area contributed by atoms with E-state index in [-0.39, 0.29) is 42.4 Å². The van der Waals surface area contributed by atoms with Gasteiger partial charge >= 0.3 is 5.97 Å². The number of esters is 1. The van der Waals surface area contributed by atoms with Crippen LogP contribution >= 0.6 is 0 Å². The Bertz CT molecular complexity index is 763. The molecule has 7 heteroatoms. The van der Waals surface area contributed by atoms with Crippen molar-refractivity contribution >= 4 is 11.8 Å². The van der Waals surface area contributed by atoms with Crippen LogP contribution in [0.4, 0.5) is 0 Å². The second kappa shape index (κ2) is 7.97. The molecule has 0 N–H and O–H groups in total. The van der Waals surface area contributed by atoms with Crippen molar-refractivity contribution < 1.29 is 24.3 Å². The summed E-state index contributed by atoms with van der Waals surface area (Å²) in [5.74, 6) is 1.92. The van der Waals surface area contributed by atoms with Crippen LogP contribution in [-0.4, -0.2) is 29.6 Å². The lowest BCUT2D eigenvalue weighted by atomic mass is 9.48. The van der Waals surface area contributed by atoms with E-state index in [1.807, 2.05) is 0 Å². The Kier molecular flexibility index (Phi) is 5.66. The first-order valence-corrected chi connectivity index (χ1v) is 11.4. The lowest BCUT2D eigenvalue weighted by Gasteiger charge is -2.56. The van der Waals surface area contributed by atoms with Gasteiger partial charge < -0.3 is 9.57 Å². The highest BCUT2D eigenvalue weighted by Crippen LogP contribution is 2.64. The summed E-state index contributed by atoms with van der Waals surface area (Å²) in [6.07, 6.45) is 10.4. The molecule has 0 unspecified atom stereocenters. The molecular weight excluding hydrogens is 386 g/mol. The van der Waals surface area contributed by atoms with Crippen molar-refractivity contribution in [2.45, 2.75) is 84.2 Å². The Morgan fingerprint density at radius 2 is 1.93 bits per heavy atom. The number of rotatable bonds is 6. The second-order valence-corrected chi connectivity index (χ2v) is 10.2. The average molecular weight is 420 g/mol. The minimum absolute atomic E-state index is 0.0817. The van der Waals surface area contributed by atoms with Gasteiger partial charge in [0.2, 0.25) is 0 Å². The van der Waals surface area contributed by atoms with E-state index in [4.69, 9.17) is 4.74 Å². The summed E-state index contributed by atoms with van der Waals surface area (Å²) in [6.45, 7) is 4.52. The Balaban J connectivity index is 1.37. The van der Waals surface area contributed by atoms with Crippen LogP contribution in [0.3, 0.4) is 0 Å². The van der Waals surface area contributed by atoms with E-state index in [0.29, 0.717) is 23.5 Å². The molecule has 6 atom stereocenters. The van der Waals surface area contributed by atoms with Gasteiger partial charge in [-0.05, 0) is 68.1 Å². The molecule has 0 aliphatic heterocycles. The van der Waals surface area contributed by atoms with Gasteiger partial charge in [-0.15, -0.1) is 10.1 Å². The normalized spacial score (nSPS) is 39.9. The van der Waals surface area contributed by atoms with E-state index in [1.54, 1.807) is 0 Å². The number of fused-ring (bicyclic) bond motifs is 5. The van der Waals surface area contributed by atoms with Gasteiger partial charge in [-0.3, -0.25) is 9.59 Å². The third-order valence-corrected chi connectivity index (χ3v) is 8.79. The first-order valence-electron chi connectivity index (χ1n) is 11.4. The SMILES string of the molecule is C[C@]12CC[C@H](OC(=O)CCCO[N+](=O)[O-])CC1=CC[C@@H]1[C@@H]2CC[C@]2(C)C(=O)CC[C@@H]12. The monoisotopic (exact) mass is 419 g/mol. The highest BCUT2D eigenvalue weighted by atomic mass is 16.9. The molecule has 0 aromatic rings. The average Bonchev–Trinajstić information content (AvgIpc) is 3.00. The van der Waals surface area contributed by atoms with Gasteiger partial charge in [0.25, 0.3) is 5.09 Å². The Morgan fingerprint density at radius 3 is 2.70 bits per heavy atom. The number of ketones is 1. The quantitative estimate of drug-likeness (QED) is 0.208. The molecule has 4 rings (SSSR count). The van der Waals surface area contributed by atoms with Gasteiger partial charge in [0, 0.05) is 24.7 Å². The molecular formula is C23H33NO6. The Morgan fingerprint density at radius 1 is 1.20 bits per heavy atom. The number of carbonyl (C=O) groups excluding carboxylic acids is 2. The molecule has 30 heavy (non-hydrogen) atoms. The van der Waals surface area contributed by atoms with E-state index < -0.39 is 5.09 Å². The molecule has 0 radical (unpaired) electrons. The molecule has 0 aromatic carbocycles. The molecule has 0 spiro atoms. The molecule has 3 saturated carbocycles. The maximum Gasteiger partial charge on any atom is 0.306 e. The van der Waals surface area contributed by atoms with Crippen LogP contribution in [-0.2, 0) is 19.2 Å². The predicted octanol–water partition coefficient (Wildman–Crippen LogP) is 4.42. The van der Waals surface area contributed by atoms with Crippen molar-refractivity contribution in [3.8, 4) is 0 Å². The van der Waals surface area contributed by atoms with Gasteiger partial charge in [0.15, 0.2) is 0 Å². The maximum atomic E-state index is 12.5. The lowest BCUT2D eigenvalue weighted by Crippen LogP contribution is -2.50. The Labute approximate surface area is 177 Å². The van der Waals surface area contributed by atoms with Crippen molar-refractivity contribution in [2.24, 2.45) is 28.6 Å². The second-order valence-electron chi connectivity index (χ2n) is 10.2. The van der Waals surface area contributed by atoms with Crippen LogP contribution in [0.5, 0.6) is 0 Å². The molecule has 166 valence electrons. The van der Waals surface area contributed by atoms with E-state index in [1.165, 1.54) is 5.57 Å². The minimum Gasteiger partial charge on any atom is -0.462 e. The summed E-state index contributed by atoms with van der Waals surface area (Å²) in [5.41, 5.74) is 1.48. The fraction of sp³-hybridized carbons (Fsp3) is 0.826. The zero-order valence-corrected chi connectivity index (χ0v) is 18.1. The van der Waals surface area contributed by atoms with E-state index in [2.05, 4.69) is 24.8 Å². The first-order chi connectivity index (χ1) is 14.2. The van der Waals surface area contributed by atoms with Crippen molar-refractivity contribution in [3.63, 3.8) is 0 Å². The van der Waals surface area contributed by atoms with Gasteiger partial charge in [-0.2, -0.15) is 0 Å². The third kappa shape index (κ3) is 3.65. The summed E-state index contributed by atoms with van der Waals surface area (Å²) < 4.78 is 5.68. The van der Waals surface area contributed by atoms with Crippen LogP contribution in [0.1, 0.15) is 78.1 Å². The van der Waals surface area contributed by atoms with Crippen LogP contribution in [0.15, 0.2) is 11.6 Å². The summed E-state index contributed by atoms with van der Waals surface area (Å²) in [4.78, 5) is 39.1. The van der Waals surface area contributed by atoms with E-state index in [0.717, 1.165) is 51.4 Å². The minimum atomic E-state index is -0.842. The predicted molar refractivity (Wildman–Crippen MR) is 109 cm³/mol. The van der Waals surface area contributed by atoms with E-state index >= 15 is 0 Å². The zero-order valence-electron chi connectivity index (χ0n) is 18.1. The standard InChI is InChI=1S/C23H33NO6/c1-22-11-9-16(30-21(26)4-3-13-29-24(27)28)14-15(22)5-6-17-18-7-8-20(25)23(18,2)12-10-19(17)22/h5,16-19H,3-4,6-14H2,1-2H3/t16-,17-,18-,19-,22-,23-/m0/s1. The fourth-order valence-electron chi connectivity index (χ4n) is 7.10. The van der Waals surface area contributed by atoms with Crippen molar-refractivity contribution in [1.29, 1.82) is 0 Å². The van der Waals surface area contributed by atoms with E-state index in [9.17, 15) is 19.7 Å². The molecule has 0 aromatic heterocycles. The molecule has 7 nitrogen and oxygen atoms in total. The van der Waals surface area contributed by atoms with Gasteiger partial charge in [-0.1, -0.05) is 25.5 Å². The van der Waals surface area contributed by atoms with Crippen LogP contribution in [0.25, 0.3) is 0 Å². The number of Topliss-reactive ketones (excluding diaryl/α,β-unsaturated/α-hetero) is 1. The molecule has 4 aliphatic rings. The molecule has 0 heterocycles. The Hall–Kier alpha value is -1.92. The summed E-state index contributed by atoms with van der Waals surface area (Å²) >= 11 is 0. The fourth-order valence-corrected chi connectivity index (χ4v) is 7.10. The first kappa shape index (κ1) is 21.3. The molecule has 0 amide bonds. The zero-order chi connectivity index (χ0) is 21.5. The highest BCUT2D eigenvalue weighted by Gasteiger charge is 2.58. The van der Waals surface area contributed by atoms with Crippen LogP contribution in [0, 0.1) is 38.7 Å². The van der Waals surface area contributed by atoms with Crippen molar-refractivity contribution in [3.05, 3.63) is 21.8 Å². The van der Waals surface area contributed by atoms with Crippen molar-refractivity contribution in [1.82, 2.24) is 0 Å². The molecule has 0 saturated heterocycles. The van der Waals surface area contributed by atoms with Crippen LogP contribution < -0.4 is 0 Å². The number of ether oxygens (including phenoxy) is 1.